The number of fused-ring (bicyclic) bond motifs is 1. The fraction of sp³-hybridized carbons (Fsp3) is 0.625. The van der Waals surface area contributed by atoms with E-state index in [0.717, 1.165) is 22.9 Å². The minimum atomic E-state index is 0.354. The molecule has 0 amide bonds. The van der Waals surface area contributed by atoms with Crippen LogP contribution in [0.2, 0.25) is 5.02 Å². The SMILES string of the molecule is Clc1cc2c(c(CN3CCCC34CCC4)c1)OCOC2. The molecule has 4 heteroatoms. The van der Waals surface area contributed by atoms with Crippen molar-refractivity contribution in [1.29, 1.82) is 0 Å². The minimum Gasteiger partial charge on any atom is -0.467 e. The summed E-state index contributed by atoms with van der Waals surface area (Å²) in [5.41, 5.74) is 2.80. The molecule has 0 unspecified atom stereocenters. The number of rotatable bonds is 2. The Kier molecular flexibility index (Phi) is 3.17. The van der Waals surface area contributed by atoms with Crippen LogP contribution in [0.15, 0.2) is 12.1 Å². The molecule has 1 aromatic carbocycles. The zero-order chi connectivity index (χ0) is 13.6. The Balaban J connectivity index is 1.63. The van der Waals surface area contributed by atoms with Crippen LogP contribution in [0.3, 0.4) is 0 Å². The number of ether oxygens (including phenoxy) is 2. The molecule has 0 aromatic heterocycles. The predicted molar refractivity (Wildman–Crippen MR) is 78.0 cm³/mol. The molecule has 108 valence electrons. The summed E-state index contributed by atoms with van der Waals surface area (Å²) in [6.45, 7) is 3.13. The van der Waals surface area contributed by atoms with E-state index in [1.165, 1.54) is 44.2 Å². The summed E-state index contributed by atoms with van der Waals surface area (Å²) >= 11 is 6.26. The van der Waals surface area contributed by atoms with E-state index in [0.29, 0.717) is 18.9 Å². The highest BCUT2D eigenvalue weighted by Crippen LogP contribution is 2.47. The van der Waals surface area contributed by atoms with Crippen LogP contribution in [0.4, 0.5) is 0 Å². The lowest BCUT2D eigenvalue weighted by Gasteiger charge is -2.46. The maximum atomic E-state index is 6.26. The van der Waals surface area contributed by atoms with Gasteiger partial charge in [0.15, 0.2) is 6.79 Å². The Morgan fingerprint density at radius 3 is 2.85 bits per heavy atom. The van der Waals surface area contributed by atoms with Gasteiger partial charge in [-0.1, -0.05) is 11.6 Å². The summed E-state index contributed by atoms with van der Waals surface area (Å²) in [4.78, 5) is 2.65. The van der Waals surface area contributed by atoms with E-state index in [1.54, 1.807) is 0 Å². The third kappa shape index (κ3) is 2.03. The summed E-state index contributed by atoms with van der Waals surface area (Å²) in [7, 11) is 0. The largest absolute Gasteiger partial charge is 0.467 e. The lowest BCUT2D eigenvalue weighted by atomic mass is 9.75. The van der Waals surface area contributed by atoms with E-state index >= 15 is 0 Å². The van der Waals surface area contributed by atoms with E-state index in [-0.39, 0.29) is 0 Å². The number of hydrogen-bond acceptors (Lipinski definition) is 3. The number of benzene rings is 1. The zero-order valence-corrected chi connectivity index (χ0v) is 12.4. The summed E-state index contributed by atoms with van der Waals surface area (Å²) in [5.74, 6) is 1.00. The maximum Gasteiger partial charge on any atom is 0.189 e. The second kappa shape index (κ2) is 4.90. The van der Waals surface area contributed by atoms with Gasteiger partial charge < -0.3 is 9.47 Å². The highest BCUT2D eigenvalue weighted by atomic mass is 35.5. The van der Waals surface area contributed by atoms with Gasteiger partial charge in [-0.05, 0) is 50.8 Å². The fourth-order valence-electron chi connectivity index (χ4n) is 3.97. The number of hydrogen-bond donors (Lipinski definition) is 0. The van der Waals surface area contributed by atoms with Crippen LogP contribution in [0.5, 0.6) is 5.75 Å². The molecule has 20 heavy (non-hydrogen) atoms. The first-order valence-corrected chi connectivity index (χ1v) is 7.92. The first-order chi connectivity index (χ1) is 9.77. The van der Waals surface area contributed by atoms with Crippen LogP contribution in [-0.2, 0) is 17.9 Å². The number of likely N-dealkylation sites (tertiary alicyclic amines) is 1. The van der Waals surface area contributed by atoms with Gasteiger partial charge in [0.25, 0.3) is 0 Å². The van der Waals surface area contributed by atoms with Crippen LogP contribution in [0.1, 0.15) is 43.2 Å². The van der Waals surface area contributed by atoms with Gasteiger partial charge >= 0.3 is 0 Å². The Bertz CT molecular complexity index is 527. The summed E-state index contributed by atoms with van der Waals surface area (Å²) in [6.07, 6.45) is 6.79. The van der Waals surface area contributed by atoms with Gasteiger partial charge in [0.2, 0.25) is 0 Å². The van der Waals surface area contributed by atoms with Gasteiger partial charge in [0.05, 0.1) is 6.61 Å². The molecule has 4 rings (SSSR count). The van der Waals surface area contributed by atoms with Crippen LogP contribution in [0, 0.1) is 0 Å². The molecule has 3 aliphatic rings. The van der Waals surface area contributed by atoms with Crippen molar-refractivity contribution in [3.63, 3.8) is 0 Å². The molecule has 0 radical (unpaired) electrons. The third-order valence-electron chi connectivity index (χ3n) is 5.14. The minimum absolute atomic E-state index is 0.354. The number of halogens is 1. The Hall–Kier alpha value is -0.770. The van der Waals surface area contributed by atoms with Crippen LogP contribution < -0.4 is 4.74 Å². The standard InChI is InChI=1S/C16H20ClNO2/c17-14-7-12(15-13(8-14)10-19-11-20-15)9-18-6-2-5-16(18)3-1-4-16/h7-8H,1-6,9-11H2. The normalized spacial score (nSPS) is 24.2. The van der Waals surface area contributed by atoms with Crippen molar-refractivity contribution in [1.82, 2.24) is 4.90 Å². The van der Waals surface area contributed by atoms with E-state index < -0.39 is 0 Å². The Morgan fingerprint density at radius 2 is 2.05 bits per heavy atom. The zero-order valence-electron chi connectivity index (χ0n) is 11.7. The molecule has 0 bridgehead atoms. The third-order valence-corrected chi connectivity index (χ3v) is 5.36. The Morgan fingerprint density at radius 1 is 1.20 bits per heavy atom. The first kappa shape index (κ1) is 12.9. The highest BCUT2D eigenvalue weighted by molar-refractivity contribution is 6.30. The molecule has 1 aromatic rings. The van der Waals surface area contributed by atoms with Gasteiger partial charge in [-0.15, -0.1) is 0 Å². The fourth-order valence-corrected chi connectivity index (χ4v) is 4.24. The second-order valence-corrected chi connectivity index (χ2v) is 6.70. The molecule has 2 fully saturated rings. The first-order valence-electron chi connectivity index (χ1n) is 7.54. The average Bonchev–Trinajstić information content (AvgIpc) is 2.82. The van der Waals surface area contributed by atoms with Crippen LogP contribution in [-0.4, -0.2) is 23.8 Å². The molecule has 1 saturated carbocycles. The van der Waals surface area contributed by atoms with Crippen LogP contribution >= 0.6 is 11.6 Å². The van der Waals surface area contributed by atoms with Crippen molar-refractivity contribution in [2.24, 2.45) is 0 Å². The summed E-state index contributed by atoms with van der Waals surface area (Å²) in [6, 6.07) is 4.03. The smallest absolute Gasteiger partial charge is 0.189 e. The number of nitrogens with zero attached hydrogens (tertiary/aromatic N) is 1. The van der Waals surface area contributed by atoms with E-state index in [2.05, 4.69) is 11.0 Å². The van der Waals surface area contributed by atoms with Crippen molar-refractivity contribution in [2.75, 3.05) is 13.3 Å². The van der Waals surface area contributed by atoms with Crippen molar-refractivity contribution in [2.45, 2.75) is 50.8 Å². The topological polar surface area (TPSA) is 21.7 Å². The molecular weight excluding hydrogens is 274 g/mol. The molecule has 1 saturated heterocycles. The van der Waals surface area contributed by atoms with Gasteiger partial charge in [-0.25, -0.2) is 0 Å². The molecule has 1 aliphatic carbocycles. The molecular formula is C16H20ClNO2. The lowest BCUT2D eigenvalue weighted by Crippen LogP contribution is -2.48. The molecule has 0 N–H and O–H groups in total. The lowest BCUT2D eigenvalue weighted by molar-refractivity contribution is -0.0184. The predicted octanol–water partition coefficient (Wildman–Crippen LogP) is 3.73. The second-order valence-electron chi connectivity index (χ2n) is 6.27. The van der Waals surface area contributed by atoms with E-state index in [4.69, 9.17) is 21.1 Å². The van der Waals surface area contributed by atoms with Crippen molar-refractivity contribution >= 4 is 11.6 Å². The van der Waals surface area contributed by atoms with Gasteiger partial charge in [-0.3, -0.25) is 4.90 Å². The molecule has 0 atom stereocenters. The Labute approximate surface area is 124 Å². The van der Waals surface area contributed by atoms with E-state index in [1.807, 2.05) is 6.07 Å². The van der Waals surface area contributed by atoms with E-state index in [9.17, 15) is 0 Å². The summed E-state index contributed by atoms with van der Waals surface area (Å²) < 4.78 is 11.1. The molecule has 1 spiro atoms. The average molecular weight is 294 g/mol. The molecule has 3 nitrogen and oxygen atoms in total. The van der Waals surface area contributed by atoms with Gasteiger partial charge in [0, 0.05) is 28.2 Å². The van der Waals surface area contributed by atoms with Crippen molar-refractivity contribution in [3.8, 4) is 5.75 Å². The van der Waals surface area contributed by atoms with Gasteiger partial charge in [-0.2, -0.15) is 0 Å². The van der Waals surface area contributed by atoms with Crippen LogP contribution in [0.25, 0.3) is 0 Å². The highest BCUT2D eigenvalue weighted by Gasteiger charge is 2.45. The van der Waals surface area contributed by atoms with Gasteiger partial charge in [0.1, 0.15) is 5.75 Å². The molecule has 2 aliphatic heterocycles. The van der Waals surface area contributed by atoms with Crippen molar-refractivity contribution < 1.29 is 9.47 Å². The quantitative estimate of drug-likeness (QED) is 0.829. The summed E-state index contributed by atoms with van der Waals surface area (Å²) in [5, 5.41) is 0.787. The maximum absolute atomic E-state index is 6.26. The monoisotopic (exact) mass is 293 g/mol. The van der Waals surface area contributed by atoms with Crippen molar-refractivity contribution in [3.05, 3.63) is 28.3 Å². The molecule has 2 heterocycles.